The van der Waals surface area contributed by atoms with Crippen molar-refractivity contribution in [2.45, 2.75) is 4.90 Å². The van der Waals surface area contributed by atoms with Gasteiger partial charge in [0.2, 0.25) is 0 Å². The van der Waals surface area contributed by atoms with Crippen molar-refractivity contribution in [2.75, 3.05) is 0 Å². The van der Waals surface area contributed by atoms with Gasteiger partial charge in [-0.25, -0.2) is 17.2 Å². The van der Waals surface area contributed by atoms with E-state index in [4.69, 9.17) is 15.4 Å². The lowest BCUT2D eigenvalue weighted by Gasteiger charge is -2.08. The third-order valence-electron chi connectivity index (χ3n) is 2.30. The number of benzene rings is 2. The summed E-state index contributed by atoms with van der Waals surface area (Å²) in [5.41, 5.74) is 0. The molecule has 0 fully saturated rings. The van der Waals surface area contributed by atoms with Gasteiger partial charge in [-0.1, -0.05) is 0 Å². The molecule has 0 heterocycles. The highest BCUT2D eigenvalue weighted by Crippen LogP contribution is 2.32. The molecule has 0 radical (unpaired) electrons. The average Bonchev–Trinajstić information content (AvgIpc) is 2.35. The van der Waals surface area contributed by atoms with E-state index in [1.807, 2.05) is 0 Å². The molecule has 0 aliphatic heterocycles. The molecule has 8 heteroatoms. The van der Waals surface area contributed by atoms with Crippen LogP contribution in [-0.4, -0.2) is 8.42 Å². The van der Waals surface area contributed by atoms with Crippen LogP contribution in [0.25, 0.3) is 0 Å². The molecule has 106 valence electrons. The molecular weight excluding hydrogens is 378 g/mol. The molecule has 0 aromatic heterocycles. The first kappa shape index (κ1) is 15.2. The normalized spacial score (nSPS) is 11.4. The summed E-state index contributed by atoms with van der Waals surface area (Å²) in [4.78, 5) is -0.108. The number of hydrogen-bond donors (Lipinski definition) is 0. The van der Waals surface area contributed by atoms with Crippen molar-refractivity contribution < 1.29 is 21.9 Å². The minimum absolute atomic E-state index is 0.0751. The van der Waals surface area contributed by atoms with Crippen molar-refractivity contribution in [3.63, 3.8) is 0 Å². The van der Waals surface area contributed by atoms with Gasteiger partial charge in [0, 0.05) is 16.7 Å². The van der Waals surface area contributed by atoms with Gasteiger partial charge in [-0.3, -0.25) is 0 Å². The first-order chi connectivity index (χ1) is 9.27. The molecule has 0 bridgehead atoms. The van der Waals surface area contributed by atoms with Crippen LogP contribution in [0.2, 0.25) is 0 Å². The van der Waals surface area contributed by atoms with Gasteiger partial charge < -0.3 is 4.74 Å². The zero-order chi connectivity index (χ0) is 14.9. The standard InChI is InChI=1S/C12H6BrClF2O3S/c13-9-6-8(20(14,17)18)2-4-12(9)19-7-1-3-10(15)11(16)5-7/h1-6H. The molecule has 2 aromatic rings. The highest BCUT2D eigenvalue weighted by atomic mass is 79.9. The Balaban J connectivity index is 2.32. The SMILES string of the molecule is O=S(=O)(Cl)c1ccc(Oc2ccc(F)c(F)c2)c(Br)c1. The summed E-state index contributed by atoms with van der Waals surface area (Å²) in [5, 5.41) is 0. The monoisotopic (exact) mass is 382 g/mol. The van der Waals surface area contributed by atoms with Gasteiger partial charge in [-0.2, -0.15) is 0 Å². The molecule has 20 heavy (non-hydrogen) atoms. The summed E-state index contributed by atoms with van der Waals surface area (Å²) < 4.78 is 53.7. The molecule has 0 aliphatic rings. The highest BCUT2D eigenvalue weighted by Gasteiger charge is 2.13. The van der Waals surface area contributed by atoms with E-state index in [2.05, 4.69) is 15.9 Å². The Morgan fingerprint density at radius 2 is 1.75 bits per heavy atom. The van der Waals surface area contributed by atoms with E-state index in [9.17, 15) is 17.2 Å². The molecule has 2 aromatic carbocycles. The van der Waals surface area contributed by atoms with Crippen LogP contribution >= 0.6 is 26.6 Å². The second-order valence-corrected chi connectivity index (χ2v) is 7.13. The maximum atomic E-state index is 13.0. The van der Waals surface area contributed by atoms with Crippen LogP contribution < -0.4 is 4.74 Å². The van der Waals surface area contributed by atoms with Gasteiger partial charge in [0.15, 0.2) is 11.6 Å². The van der Waals surface area contributed by atoms with Crippen molar-refractivity contribution >= 4 is 35.7 Å². The molecule has 2 rings (SSSR count). The summed E-state index contributed by atoms with van der Waals surface area (Å²) in [5.74, 6) is -1.72. The van der Waals surface area contributed by atoms with E-state index in [0.717, 1.165) is 12.1 Å². The van der Waals surface area contributed by atoms with E-state index in [1.165, 1.54) is 24.3 Å². The second-order valence-electron chi connectivity index (χ2n) is 3.71. The molecule has 3 nitrogen and oxygen atoms in total. The maximum Gasteiger partial charge on any atom is 0.261 e. The first-order valence-electron chi connectivity index (χ1n) is 5.14. The predicted octanol–water partition coefficient (Wildman–Crippen LogP) is 4.45. The lowest BCUT2D eigenvalue weighted by molar-refractivity contribution is 0.459. The van der Waals surface area contributed by atoms with Crippen LogP contribution in [0.1, 0.15) is 0 Å². The van der Waals surface area contributed by atoms with Crippen molar-refractivity contribution in [1.82, 2.24) is 0 Å². The van der Waals surface area contributed by atoms with Crippen LogP contribution in [0, 0.1) is 11.6 Å². The van der Waals surface area contributed by atoms with Crippen molar-refractivity contribution in [2.24, 2.45) is 0 Å². The molecule has 0 saturated carbocycles. The van der Waals surface area contributed by atoms with Gasteiger partial charge in [-0.05, 0) is 46.3 Å². The van der Waals surface area contributed by atoms with Crippen molar-refractivity contribution in [3.8, 4) is 11.5 Å². The third kappa shape index (κ3) is 3.47. The minimum atomic E-state index is -3.85. The van der Waals surface area contributed by atoms with E-state index >= 15 is 0 Å². The summed E-state index contributed by atoms with van der Waals surface area (Å²) in [6.45, 7) is 0. The Labute approximate surface area is 126 Å². The lowest BCUT2D eigenvalue weighted by atomic mass is 10.3. The van der Waals surface area contributed by atoms with Crippen LogP contribution in [0.4, 0.5) is 8.78 Å². The second kappa shape index (κ2) is 5.67. The molecule has 0 N–H and O–H groups in total. The predicted molar refractivity (Wildman–Crippen MR) is 73.6 cm³/mol. The smallest absolute Gasteiger partial charge is 0.261 e. The summed E-state index contributed by atoms with van der Waals surface area (Å²) in [7, 11) is 1.35. The fourth-order valence-corrected chi connectivity index (χ4v) is 2.77. The van der Waals surface area contributed by atoms with Crippen LogP contribution in [0.5, 0.6) is 11.5 Å². The van der Waals surface area contributed by atoms with E-state index in [0.29, 0.717) is 4.47 Å². The quantitative estimate of drug-likeness (QED) is 0.736. The van der Waals surface area contributed by atoms with Gasteiger partial charge in [0.25, 0.3) is 9.05 Å². The Bertz CT molecular complexity index is 765. The molecule has 0 amide bonds. The highest BCUT2D eigenvalue weighted by molar-refractivity contribution is 9.10. The van der Waals surface area contributed by atoms with Crippen molar-refractivity contribution in [1.29, 1.82) is 0 Å². The molecular formula is C12H6BrClF2O3S. The molecule has 0 atom stereocenters. The zero-order valence-electron chi connectivity index (χ0n) is 9.61. The van der Waals surface area contributed by atoms with Crippen molar-refractivity contribution in [3.05, 3.63) is 52.5 Å². The Morgan fingerprint density at radius 3 is 2.30 bits per heavy atom. The van der Waals surface area contributed by atoms with Gasteiger partial charge in [0.05, 0.1) is 9.37 Å². The summed E-state index contributed by atoms with van der Waals surface area (Å²) >= 11 is 3.11. The maximum absolute atomic E-state index is 13.0. The largest absolute Gasteiger partial charge is 0.456 e. The fourth-order valence-electron chi connectivity index (χ4n) is 1.38. The van der Waals surface area contributed by atoms with Gasteiger partial charge >= 0.3 is 0 Å². The molecule has 0 saturated heterocycles. The van der Waals surface area contributed by atoms with Crippen LogP contribution in [0.15, 0.2) is 45.8 Å². The first-order valence-corrected chi connectivity index (χ1v) is 8.25. The minimum Gasteiger partial charge on any atom is -0.456 e. The fraction of sp³-hybridized carbons (Fsp3) is 0. The van der Waals surface area contributed by atoms with Crippen LogP contribution in [0.3, 0.4) is 0 Å². The van der Waals surface area contributed by atoms with E-state index < -0.39 is 20.7 Å². The van der Waals surface area contributed by atoms with Gasteiger partial charge in [0.1, 0.15) is 11.5 Å². The summed E-state index contributed by atoms with van der Waals surface area (Å²) in [6, 6.07) is 6.89. The third-order valence-corrected chi connectivity index (χ3v) is 4.27. The van der Waals surface area contributed by atoms with Gasteiger partial charge in [-0.15, -0.1) is 0 Å². The topological polar surface area (TPSA) is 43.4 Å². The zero-order valence-corrected chi connectivity index (χ0v) is 12.8. The molecule has 0 aliphatic carbocycles. The Morgan fingerprint density at radius 1 is 1.05 bits per heavy atom. The number of ether oxygens (including phenoxy) is 1. The van der Waals surface area contributed by atoms with Crippen LogP contribution in [-0.2, 0) is 9.05 Å². The number of hydrogen-bond acceptors (Lipinski definition) is 3. The average molecular weight is 384 g/mol. The van der Waals surface area contributed by atoms with E-state index in [1.54, 1.807) is 0 Å². The molecule has 0 spiro atoms. The molecule has 0 unspecified atom stereocenters. The lowest BCUT2D eigenvalue weighted by Crippen LogP contribution is -1.93. The number of halogens is 4. The Hall–Kier alpha value is -1.18. The Kier molecular flexibility index (Phi) is 4.31. The summed E-state index contributed by atoms with van der Waals surface area (Å²) in [6.07, 6.45) is 0. The number of rotatable bonds is 3. The van der Waals surface area contributed by atoms with E-state index in [-0.39, 0.29) is 16.4 Å².